The monoisotopic (exact) mass is 245 g/mol. The van der Waals surface area contributed by atoms with Crippen LogP contribution >= 0.6 is 0 Å². The van der Waals surface area contributed by atoms with Gasteiger partial charge in [0.1, 0.15) is 0 Å². The summed E-state index contributed by atoms with van der Waals surface area (Å²) in [6.45, 7) is 0. The fourth-order valence-electron chi connectivity index (χ4n) is 2.71. The molecule has 1 heterocycles. The van der Waals surface area contributed by atoms with Crippen LogP contribution in [0.2, 0.25) is 0 Å². The Bertz CT molecular complexity index is 820. The van der Waals surface area contributed by atoms with Crippen molar-refractivity contribution >= 4 is 16.7 Å². The maximum atomic E-state index is 12.5. The molecule has 0 amide bonds. The molecule has 0 bridgehead atoms. The molecule has 0 aliphatic heterocycles. The lowest BCUT2D eigenvalue weighted by molar-refractivity contribution is 0.103. The van der Waals surface area contributed by atoms with Crippen molar-refractivity contribution in [3.05, 3.63) is 77.0 Å². The van der Waals surface area contributed by atoms with Crippen LogP contribution in [0.25, 0.3) is 10.9 Å². The first-order valence-corrected chi connectivity index (χ1v) is 6.34. The zero-order valence-electron chi connectivity index (χ0n) is 10.3. The quantitative estimate of drug-likeness (QED) is 0.475. The Morgan fingerprint density at radius 1 is 0.895 bits per heavy atom. The van der Waals surface area contributed by atoms with Crippen LogP contribution in [0.1, 0.15) is 27.2 Å². The van der Waals surface area contributed by atoms with Crippen LogP contribution in [-0.2, 0) is 6.42 Å². The number of hydrogen-bond donors (Lipinski definition) is 0. The van der Waals surface area contributed by atoms with Crippen molar-refractivity contribution in [3.63, 3.8) is 0 Å². The highest BCUT2D eigenvalue weighted by Crippen LogP contribution is 2.28. The second-order valence-corrected chi connectivity index (χ2v) is 4.84. The highest BCUT2D eigenvalue weighted by atomic mass is 16.1. The molecule has 4 rings (SSSR count). The summed E-state index contributed by atoms with van der Waals surface area (Å²) in [5, 5.41) is 1.02. The van der Waals surface area contributed by atoms with Crippen molar-refractivity contribution in [3.8, 4) is 0 Å². The van der Waals surface area contributed by atoms with Gasteiger partial charge in [0.2, 0.25) is 0 Å². The van der Waals surface area contributed by atoms with Gasteiger partial charge in [-0.2, -0.15) is 0 Å². The molecule has 19 heavy (non-hydrogen) atoms. The van der Waals surface area contributed by atoms with E-state index in [4.69, 9.17) is 0 Å². The zero-order valence-corrected chi connectivity index (χ0v) is 10.3. The van der Waals surface area contributed by atoms with Gasteiger partial charge < -0.3 is 0 Å². The van der Waals surface area contributed by atoms with Gasteiger partial charge in [-0.05, 0) is 17.7 Å². The summed E-state index contributed by atoms with van der Waals surface area (Å²) in [7, 11) is 0. The number of pyridine rings is 1. The van der Waals surface area contributed by atoms with E-state index in [9.17, 15) is 4.79 Å². The number of fused-ring (bicyclic) bond motifs is 3. The van der Waals surface area contributed by atoms with Crippen molar-refractivity contribution in [2.75, 3.05) is 0 Å². The second kappa shape index (κ2) is 3.75. The van der Waals surface area contributed by atoms with Crippen molar-refractivity contribution in [1.29, 1.82) is 0 Å². The molecule has 3 aromatic rings. The predicted octanol–water partition coefficient (Wildman–Crippen LogP) is 3.37. The molecule has 0 spiro atoms. The molecular weight excluding hydrogens is 234 g/mol. The Balaban J connectivity index is 2.00. The molecule has 0 atom stereocenters. The molecule has 0 fully saturated rings. The van der Waals surface area contributed by atoms with E-state index in [0.29, 0.717) is 0 Å². The first kappa shape index (κ1) is 10.4. The molecule has 0 unspecified atom stereocenters. The predicted molar refractivity (Wildman–Crippen MR) is 74.4 cm³/mol. The summed E-state index contributed by atoms with van der Waals surface area (Å²) in [5.74, 6) is 0.0927. The van der Waals surface area contributed by atoms with E-state index < -0.39 is 0 Å². The van der Waals surface area contributed by atoms with Crippen LogP contribution < -0.4 is 0 Å². The average Bonchev–Trinajstić information content (AvgIpc) is 2.46. The number of hydrogen-bond acceptors (Lipinski definition) is 2. The lowest BCUT2D eigenvalue weighted by Crippen LogP contribution is -2.16. The molecule has 0 radical (unpaired) electrons. The maximum absolute atomic E-state index is 12.5. The minimum absolute atomic E-state index is 0.0927. The number of carbonyl (C=O) groups is 1. The zero-order chi connectivity index (χ0) is 12.8. The molecule has 0 saturated carbocycles. The molecule has 0 saturated heterocycles. The number of rotatable bonds is 0. The van der Waals surface area contributed by atoms with Crippen LogP contribution in [0, 0.1) is 0 Å². The Labute approximate surface area is 110 Å². The molecular formula is C17H11NO. The maximum Gasteiger partial charge on any atom is 0.195 e. The third-order valence-corrected chi connectivity index (χ3v) is 3.67. The third-order valence-electron chi connectivity index (χ3n) is 3.67. The van der Waals surface area contributed by atoms with E-state index in [0.717, 1.165) is 39.7 Å². The molecule has 1 aliphatic rings. The van der Waals surface area contributed by atoms with Gasteiger partial charge in [-0.1, -0.05) is 42.5 Å². The van der Waals surface area contributed by atoms with Crippen LogP contribution in [0.4, 0.5) is 0 Å². The van der Waals surface area contributed by atoms with E-state index in [1.807, 2.05) is 54.6 Å². The molecule has 1 aliphatic carbocycles. The summed E-state index contributed by atoms with van der Waals surface area (Å²) in [4.78, 5) is 17.2. The highest BCUT2D eigenvalue weighted by Gasteiger charge is 2.24. The molecule has 0 N–H and O–H groups in total. The van der Waals surface area contributed by atoms with Crippen LogP contribution in [-0.4, -0.2) is 10.8 Å². The van der Waals surface area contributed by atoms with Gasteiger partial charge in [0.15, 0.2) is 5.78 Å². The lowest BCUT2D eigenvalue weighted by Gasteiger charge is -2.18. The van der Waals surface area contributed by atoms with Crippen molar-refractivity contribution in [1.82, 2.24) is 4.98 Å². The van der Waals surface area contributed by atoms with Crippen molar-refractivity contribution < 1.29 is 4.79 Å². The first-order valence-electron chi connectivity index (χ1n) is 6.34. The van der Waals surface area contributed by atoms with E-state index >= 15 is 0 Å². The summed E-state index contributed by atoms with van der Waals surface area (Å²) < 4.78 is 0. The van der Waals surface area contributed by atoms with E-state index in [1.54, 1.807) is 0 Å². The summed E-state index contributed by atoms with van der Waals surface area (Å²) in [5.41, 5.74) is 4.48. The number of carbonyl (C=O) groups excluding carboxylic acids is 1. The fraction of sp³-hybridized carbons (Fsp3) is 0.0588. The number of para-hydroxylation sites is 1. The van der Waals surface area contributed by atoms with Crippen molar-refractivity contribution in [2.45, 2.75) is 6.42 Å². The number of ketones is 1. The van der Waals surface area contributed by atoms with Crippen LogP contribution in [0.5, 0.6) is 0 Å². The standard InChI is InChI=1S/C17H11NO/c19-17-13-7-3-1-5-11(13)10-16-14(17)9-12-6-2-4-8-15(12)18-16/h1-9H,10H2. The topological polar surface area (TPSA) is 30.0 Å². The van der Waals surface area contributed by atoms with Gasteiger partial charge in [-0.3, -0.25) is 9.78 Å². The smallest absolute Gasteiger partial charge is 0.195 e. The van der Waals surface area contributed by atoms with Gasteiger partial charge >= 0.3 is 0 Å². The average molecular weight is 245 g/mol. The van der Waals surface area contributed by atoms with Crippen LogP contribution in [0.3, 0.4) is 0 Å². The minimum Gasteiger partial charge on any atom is -0.289 e. The molecule has 1 aromatic heterocycles. The summed E-state index contributed by atoms with van der Waals surface area (Å²) in [6.07, 6.45) is 0.738. The molecule has 2 heteroatoms. The Kier molecular flexibility index (Phi) is 2.06. The fourth-order valence-corrected chi connectivity index (χ4v) is 2.71. The van der Waals surface area contributed by atoms with Gasteiger partial charge in [-0.15, -0.1) is 0 Å². The van der Waals surface area contributed by atoms with Gasteiger partial charge in [-0.25, -0.2) is 0 Å². The second-order valence-electron chi connectivity index (χ2n) is 4.84. The SMILES string of the molecule is O=C1c2ccccc2Cc2nc3ccccc3cc21. The van der Waals surface area contributed by atoms with E-state index in [-0.39, 0.29) is 5.78 Å². The van der Waals surface area contributed by atoms with Crippen LogP contribution in [0.15, 0.2) is 54.6 Å². The summed E-state index contributed by atoms with van der Waals surface area (Å²) in [6, 6.07) is 17.7. The normalized spacial score (nSPS) is 13.2. The molecule has 2 aromatic carbocycles. The Morgan fingerprint density at radius 2 is 1.68 bits per heavy atom. The number of nitrogens with zero attached hydrogens (tertiary/aromatic N) is 1. The van der Waals surface area contributed by atoms with Gasteiger partial charge in [0.25, 0.3) is 0 Å². The first-order chi connectivity index (χ1) is 9.33. The summed E-state index contributed by atoms with van der Waals surface area (Å²) >= 11 is 0. The minimum atomic E-state index is 0.0927. The Hall–Kier alpha value is -2.48. The number of benzene rings is 2. The van der Waals surface area contributed by atoms with Gasteiger partial charge in [0, 0.05) is 22.9 Å². The highest BCUT2D eigenvalue weighted by molar-refractivity contribution is 6.13. The molecule has 90 valence electrons. The van der Waals surface area contributed by atoms with E-state index in [2.05, 4.69) is 4.98 Å². The van der Waals surface area contributed by atoms with Gasteiger partial charge in [0.05, 0.1) is 11.2 Å². The largest absolute Gasteiger partial charge is 0.289 e. The van der Waals surface area contributed by atoms with E-state index in [1.165, 1.54) is 0 Å². The number of aromatic nitrogens is 1. The third kappa shape index (κ3) is 1.50. The lowest BCUT2D eigenvalue weighted by atomic mass is 9.87. The Morgan fingerprint density at radius 3 is 2.63 bits per heavy atom. The molecule has 2 nitrogen and oxygen atoms in total. The van der Waals surface area contributed by atoms with Crippen molar-refractivity contribution in [2.24, 2.45) is 0 Å².